The Morgan fingerprint density at radius 2 is 2.18 bits per heavy atom. The van der Waals surface area contributed by atoms with Crippen LogP contribution in [0.1, 0.15) is 5.56 Å². The number of hydrogen-bond donors (Lipinski definition) is 1. The van der Waals surface area contributed by atoms with Gasteiger partial charge in [0.05, 0.1) is 0 Å². The summed E-state index contributed by atoms with van der Waals surface area (Å²) < 4.78 is 14.7. The van der Waals surface area contributed by atoms with E-state index in [2.05, 4.69) is 38.5 Å². The van der Waals surface area contributed by atoms with Crippen molar-refractivity contribution in [3.05, 3.63) is 31.6 Å². The molecule has 0 heterocycles. The molecule has 1 nitrogen and oxygen atoms in total. The maximum Gasteiger partial charge on any atom is 0.128 e. The Morgan fingerprint density at radius 3 is 2.64 bits per heavy atom. The molecule has 0 aliphatic carbocycles. The third kappa shape index (κ3) is 1.91. The first kappa shape index (κ1) is 9.41. The van der Waals surface area contributed by atoms with Gasteiger partial charge in [-0.25, -0.2) is 4.39 Å². The average molecular weight is 330 g/mol. The van der Waals surface area contributed by atoms with Gasteiger partial charge in [-0.3, -0.25) is 0 Å². The van der Waals surface area contributed by atoms with Crippen molar-refractivity contribution in [3.63, 3.8) is 0 Å². The van der Waals surface area contributed by atoms with Crippen LogP contribution in [0.15, 0.2) is 16.6 Å². The fourth-order valence-corrected chi connectivity index (χ4v) is 1.74. The Kier molecular flexibility index (Phi) is 3.27. The molecule has 0 radical (unpaired) electrons. The second-order valence-corrected chi connectivity index (χ2v) is 3.98. The summed E-state index contributed by atoms with van der Waals surface area (Å²) in [6.07, 6.45) is 0. The minimum atomic E-state index is -0.250. The van der Waals surface area contributed by atoms with E-state index in [1.54, 1.807) is 6.07 Å². The molecule has 0 aliphatic rings. The lowest BCUT2D eigenvalue weighted by Crippen LogP contribution is -2.01. The van der Waals surface area contributed by atoms with Gasteiger partial charge >= 0.3 is 0 Å². The van der Waals surface area contributed by atoms with Crippen molar-refractivity contribution >= 4 is 38.5 Å². The van der Waals surface area contributed by atoms with Crippen molar-refractivity contribution in [2.45, 2.75) is 6.54 Å². The number of hydrogen-bond acceptors (Lipinski definition) is 1. The summed E-state index contributed by atoms with van der Waals surface area (Å²) in [5.74, 6) is -0.250. The summed E-state index contributed by atoms with van der Waals surface area (Å²) >= 11 is 5.38. The SMILES string of the molecule is NCc1c(F)ccc(I)c1Br. The second-order valence-electron chi connectivity index (χ2n) is 2.03. The van der Waals surface area contributed by atoms with Gasteiger partial charge in [0.1, 0.15) is 5.82 Å². The first-order valence-corrected chi connectivity index (χ1v) is 4.86. The number of nitrogens with two attached hydrogens (primary N) is 1. The number of rotatable bonds is 1. The lowest BCUT2D eigenvalue weighted by molar-refractivity contribution is 0.608. The molecular weight excluding hydrogens is 324 g/mol. The molecule has 0 amide bonds. The van der Waals surface area contributed by atoms with Crippen LogP contribution in [0.3, 0.4) is 0 Å². The van der Waals surface area contributed by atoms with E-state index in [-0.39, 0.29) is 12.4 Å². The average Bonchev–Trinajstić information content (AvgIpc) is 1.99. The predicted molar refractivity (Wildman–Crippen MR) is 54.7 cm³/mol. The minimum Gasteiger partial charge on any atom is -0.326 e. The third-order valence-corrected chi connectivity index (χ3v) is 3.89. The molecule has 0 bridgehead atoms. The van der Waals surface area contributed by atoms with Gasteiger partial charge in [-0.15, -0.1) is 0 Å². The molecule has 0 atom stereocenters. The summed E-state index contributed by atoms with van der Waals surface area (Å²) in [7, 11) is 0. The monoisotopic (exact) mass is 329 g/mol. The summed E-state index contributed by atoms with van der Waals surface area (Å²) in [4.78, 5) is 0. The van der Waals surface area contributed by atoms with Gasteiger partial charge in [0.15, 0.2) is 0 Å². The molecule has 0 aliphatic heterocycles. The van der Waals surface area contributed by atoms with E-state index in [1.165, 1.54) is 6.07 Å². The fourth-order valence-electron chi connectivity index (χ4n) is 0.756. The molecule has 2 N–H and O–H groups in total. The molecule has 11 heavy (non-hydrogen) atoms. The van der Waals surface area contributed by atoms with E-state index in [1.807, 2.05) is 0 Å². The topological polar surface area (TPSA) is 26.0 Å². The lowest BCUT2D eigenvalue weighted by atomic mass is 10.2. The van der Waals surface area contributed by atoms with Gasteiger partial charge in [0, 0.05) is 20.2 Å². The molecule has 0 saturated carbocycles. The van der Waals surface area contributed by atoms with Crippen molar-refractivity contribution in [3.8, 4) is 0 Å². The van der Waals surface area contributed by atoms with Crippen molar-refractivity contribution in [1.29, 1.82) is 0 Å². The van der Waals surface area contributed by atoms with Crippen LogP contribution in [0, 0.1) is 9.39 Å². The minimum absolute atomic E-state index is 0.225. The first-order chi connectivity index (χ1) is 5.16. The normalized spacial score (nSPS) is 10.2. The van der Waals surface area contributed by atoms with E-state index in [0.29, 0.717) is 5.56 Å². The largest absolute Gasteiger partial charge is 0.326 e. The molecule has 4 heteroatoms. The molecule has 0 aromatic heterocycles. The van der Waals surface area contributed by atoms with Crippen LogP contribution in [0.25, 0.3) is 0 Å². The van der Waals surface area contributed by atoms with Gasteiger partial charge in [-0.1, -0.05) is 0 Å². The van der Waals surface area contributed by atoms with E-state index in [4.69, 9.17) is 5.73 Å². The Hall–Kier alpha value is 0.320. The Balaban J connectivity index is 3.29. The number of halogens is 3. The molecule has 0 fully saturated rings. The lowest BCUT2D eigenvalue weighted by Gasteiger charge is -2.03. The van der Waals surface area contributed by atoms with E-state index >= 15 is 0 Å². The van der Waals surface area contributed by atoms with Gasteiger partial charge in [-0.2, -0.15) is 0 Å². The molecule has 1 aromatic carbocycles. The standard InChI is InChI=1S/C7H6BrFIN/c8-7-4(3-11)5(9)1-2-6(7)10/h1-2H,3,11H2. The zero-order valence-electron chi connectivity index (χ0n) is 5.57. The summed E-state index contributed by atoms with van der Waals surface area (Å²) in [5, 5.41) is 0. The summed E-state index contributed by atoms with van der Waals surface area (Å²) in [6.45, 7) is 0.225. The molecular formula is C7H6BrFIN. The Morgan fingerprint density at radius 1 is 1.55 bits per heavy atom. The van der Waals surface area contributed by atoms with Crippen molar-refractivity contribution in [2.24, 2.45) is 5.73 Å². The smallest absolute Gasteiger partial charge is 0.128 e. The molecule has 0 saturated heterocycles. The van der Waals surface area contributed by atoms with Gasteiger partial charge in [0.2, 0.25) is 0 Å². The van der Waals surface area contributed by atoms with Gasteiger partial charge < -0.3 is 5.73 Å². The molecule has 1 aromatic rings. The molecule has 60 valence electrons. The number of benzene rings is 1. The summed E-state index contributed by atoms with van der Waals surface area (Å²) in [5.41, 5.74) is 5.89. The van der Waals surface area contributed by atoms with Crippen LogP contribution in [-0.2, 0) is 6.54 Å². The zero-order valence-corrected chi connectivity index (χ0v) is 9.32. The van der Waals surface area contributed by atoms with Gasteiger partial charge in [-0.05, 0) is 50.7 Å². The van der Waals surface area contributed by atoms with Crippen LogP contribution < -0.4 is 5.73 Å². The van der Waals surface area contributed by atoms with E-state index in [9.17, 15) is 4.39 Å². The molecule has 0 spiro atoms. The second kappa shape index (κ2) is 3.82. The van der Waals surface area contributed by atoms with Crippen LogP contribution in [0.4, 0.5) is 4.39 Å². The van der Waals surface area contributed by atoms with Crippen LogP contribution in [0.2, 0.25) is 0 Å². The first-order valence-electron chi connectivity index (χ1n) is 2.99. The quantitative estimate of drug-likeness (QED) is 0.622. The highest BCUT2D eigenvalue weighted by molar-refractivity contribution is 14.1. The Bertz CT molecular complexity index is 277. The van der Waals surface area contributed by atoms with Crippen LogP contribution >= 0.6 is 38.5 Å². The highest BCUT2D eigenvalue weighted by atomic mass is 127. The van der Waals surface area contributed by atoms with E-state index in [0.717, 1.165) is 8.04 Å². The highest BCUT2D eigenvalue weighted by Crippen LogP contribution is 2.25. The highest BCUT2D eigenvalue weighted by Gasteiger charge is 2.07. The maximum absolute atomic E-state index is 12.9. The molecule has 0 unspecified atom stereocenters. The van der Waals surface area contributed by atoms with Crippen molar-refractivity contribution in [2.75, 3.05) is 0 Å². The summed E-state index contributed by atoms with van der Waals surface area (Å²) in [6, 6.07) is 3.13. The fraction of sp³-hybridized carbons (Fsp3) is 0.143. The molecule has 1 rings (SSSR count). The predicted octanol–water partition coefficient (Wildman–Crippen LogP) is 2.65. The van der Waals surface area contributed by atoms with Crippen molar-refractivity contribution in [1.82, 2.24) is 0 Å². The maximum atomic E-state index is 12.9. The van der Waals surface area contributed by atoms with Crippen molar-refractivity contribution < 1.29 is 4.39 Å². The Labute approximate surface area is 86.4 Å². The van der Waals surface area contributed by atoms with Gasteiger partial charge in [0.25, 0.3) is 0 Å². The van der Waals surface area contributed by atoms with Crippen LogP contribution in [0.5, 0.6) is 0 Å². The van der Waals surface area contributed by atoms with Crippen LogP contribution in [-0.4, -0.2) is 0 Å². The zero-order chi connectivity index (χ0) is 8.43. The third-order valence-electron chi connectivity index (χ3n) is 1.34. The van der Waals surface area contributed by atoms with E-state index < -0.39 is 0 Å².